The second-order valence-electron chi connectivity index (χ2n) is 6.09. The third-order valence-corrected chi connectivity index (χ3v) is 4.71. The summed E-state index contributed by atoms with van der Waals surface area (Å²) >= 11 is 0. The molecule has 1 fully saturated rings. The number of nitrogens with one attached hydrogen (secondary N) is 1. The first-order valence-electron chi connectivity index (χ1n) is 8.18. The molecule has 3 heterocycles. The highest BCUT2D eigenvalue weighted by Crippen LogP contribution is 2.27. The number of morpholine rings is 1. The number of rotatable bonds is 3. The zero-order chi connectivity index (χ0) is 14.8. The van der Waals surface area contributed by atoms with E-state index >= 15 is 0 Å². The van der Waals surface area contributed by atoms with Crippen molar-refractivity contribution in [1.82, 2.24) is 14.8 Å². The molecule has 22 heavy (non-hydrogen) atoms. The van der Waals surface area contributed by atoms with Crippen LogP contribution in [-0.4, -0.2) is 42.3 Å². The Kier molecular flexibility index (Phi) is 3.97. The third-order valence-electron chi connectivity index (χ3n) is 4.71. The Morgan fingerprint density at radius 2 is 1.82 bits per heavy atom. The molecular formula is C18H23N3O. The Hall–Kier alpha value is -1.62. The summed E-state index contributed by atoms with van der Waals surface area (Å²) in [5, 5.41) is 3.65. The van der Waals surface area contributed by atoms with Gasteiger partial charge in [0.1, 0.15) is 0 Å². The monoisotopic (exact) mass is 297 g/mol. The van der Waals surface area contributed by atoms with E-state index in [0.29, 0.717) is 6.04 Å². The lowest BCUT2D eigenvalue weighted by Gasteiger charge is -2.30. The standard InChI is InChI=1S/C18H23N3O/c1-2-4-15(5-3-1)18-17-7-6-16(21(17)9-8-19-18)14-20-10-12-22-13-11-20/h1-7,18-19H,8-14H2. The van der Waals surface area contributed by atoms with Crippen molar-refractivity contribution in [3.05, 3.63) is 59.4 Å². The molecule has 4 heteroatoms. The zero-order valence-electron chi connectivity index (χ0n) is 12.9. The van der Waals surface area contributed by atoms with Crippen LogP contribution in [0.4, 0.5) is 0 Å². The number of fused-ring (bicyclic) bond motifs is 1. The SMILES string of the molecule is c1ccc(C2NCCn3c(CN4CCOCC4)ccc32)cc1. The van der Waals surface area contributed by atoms with Gasteiger partial charge in [-0.15, -0.1) is 0 Å². The fraction of sp³-hybridized carbons (Fsp3) is 0.444. The molecule has 0 radical (unpaired) electrons. The number of ether oxygens (including phenoxy) is 1. The van der Waals surface area contributed by atoms with Gasteiger partial charge in [0.15, 0.2) is 0 Å². The molecule has 2 aliphatic heterocycles. The van der Waals surface area contributed by atoms with E-state index < -0.39 is 0 Å². The minimum absolute atomic E-state index is 0.313. The van der Waals surface area contributed by atoms with Crippen molar-refractivity contribution in [3.63, 3.8) is 0 Å². The van der Waals surface area contributed by atoms with Crippen LogP contribution in [-0.2, 0) is 17.8 Å². The average molecular weight is 297 g/mol. The predicted octanol–water partition coefficient (Wildman–Crippen LogP) is 2.01. The van der Waals surface area contributed by atoms with E-state index in [-0.39, 0.29) is 0 Å². The van der Waals surface area contributed by atoms with Crippen LogP contribution in [0.3, 0.4) is 0 Å². The Balaban J connectivity index is 1.58. The Morgan fingerprint density at radius 3 is 2.64 bits per heavy atom. The van der Waals surface area contributed by atoms with Crippen LogP contribution in [0.15, 0.2) is 42.5 Å². The molecule has 0 aliphatic carbocycles. The van der Waals surface area contributed by atoms with E-state index in [1.807, 2.05) is 0 Å². The van der Waals surface area contributed by atoms with Crippen molar-refractivity contribution >= 4 is 0 Å². The van der Waals surface area contributed by atoms with Gasteiger partial charge in [-0.2, -0.15) is 0 Å². The van der Waals surface area contributed by atoms with Crippen molar-refractivity contribution in [3.8, 4) is 0 Å². The smallest absolute Gasteiger partial charge is 0.0731 e. The first-order chi connectivity index (χ1) is 10.9. The molecule has 1 aromatic carbocycles. The van der Waals surface area contributed by atoms with Crippen molar-refractivity contribution in [2.24, 2.45) is 0 Å². The molecular weight excluding hydrogens is 274 g/mol. The van der Waals surface area contributed by atoms with Crippen LogP contribution in [0, 0.1) is 0 Å². The normalized spacial score (nSPS) is 22.5. The first kappa shape index (κ1) is 14.0. The van der Waals surface area contributed by atoms with Gasteiger partial charge in [0, 0.05) is 44.1 Å². The van der Waals surface area contributed by atoms with Gasteiger partial charge in [0.25, 0.3) is 0 Å². The van der Waals surface area contributed by atoms with E-state index in [1.54, 1.807) is 0 Å². The summed E-state index contributed by atoms with van der Waals surface area (Å²) in [4.78, 5) is 2.49. The van der Waals surface area contributed by atoms with Gasteiger partial charge in [0.05, 0.1) is 19.3 Å². The van der Waals surface area contributed by atoms with Crippen LogP contribution in [0.1, 0.15) is 23.0 Å². The largest absolute Gasteiger partial charge is 0.379 e. The molecule has 2 aromatic rings. The van der Waals surface area contributed by atoms with Crippen LogP contribution in [0.5, 0.6) is 0 Å². The second-order valence-corrected chi connectivity index (χ2v) is 6.09. The number of nitrogens with zero attached hydrogens (tertiary/aromatic N) is 2. The number of aromatic nitrogens is 1. The molecule has 0 saturated carbocycles. The van der Waals surface area contributed by atoms with Crippen molar-refractivity contribution in [1.29, 1.82) is 0 Å². The maximum Gasteiger partial charge on any atom is 0.0731 e. The summed E-state index contributed by atoms with van der Waals surface area (Å²) in [6, 6.07) is 15.6. The summed E-state index contributed by atoms with van der Waals surface area (Å²) in [5.41, 5.74) is 4.17. The maximum atomic E-state index is 5.45. The molecule has 2 aliphatic rings. The summed E-state index contributed by atoms with van der Waals surface area (Å²) in [5.74, 6) is 0. The lowest BCUT2D eigenvalue weighted by atomic mass is 10.0. The fourth-order valence-corrected chi connectivity index (χ4v) is 3.54. The summed E-state index contributed by atoms with van der Waals surface area (Å²) in [7, 11) is 0. The predicted molar refractivity (Wildman–Crippen MR) is 86.8 cm³/mol. The quantitative estimate of drug-likeness (QED) is 0.940. The van der Waals surface area contributed by atoms with E-state index in [9.17, 15) is 0 Å². The third kappa shape index (κ3) is 2.70. The van der Waals surface area contributed by atoms with Crippen LogP contribution in [0.25, 0.3) is 0 Å². The molecule has 4 nitrogen and oxygen atoms in total. The molecule has 116 valence electrons. The lowest BCUT2D eigenvalue weighted by Crippen LogP contribution is -2.38. The molecule has 1 saturated heterocycles. The summed E-state index contributed by atoms with van der Waals surface area (Å²) < 4.78 is 7.95. The first-order valence-corrected chi connectivity index (χ1v) is 8.18. The lowest BCUT2D eigenvalue weighted by molar-refractivity contribution is 0.0331. The van der Waals surface area contributed by atoms with Gasteiger partial charge < -0.3 is 14.6 Å². The van der Waals surface area contributed by atoms with E-state index in [2.05, 4.69) is 57.2 Å². The number of hydrogen-bond acceptors (Lipinski definition) is 3. The van der Waals surface area contributed by atoms with Crippen molar-refractivity contribution < 1.29 is 4.74 Å². The van der Waals surface area contributed by atoms with E-state index in [0.717, 1.165) is 45.9 Å². The molecule has 1 N–H and O–H groups in total. The van der Waals surface area contributed by atoms with Gasteiger partial charge >= 0.3 is 0 Å². The van der Waals surface area contributed by atoms with Gasteiger partial charge in [-0.3, -0.25) is 4.90 Å². The second kappa shape index (κ2) is 6.24. The molecule has 0 bridgehead atoms. The Labute approximate surface area is 131 Å². The molecule has 1 aromatic heterocycles. The van der Waals surface area contributed by atoms with Gasteiger partial charge in [-0.1, -0.05) is 30.3 Å². The molecule has 1 unspecified atom stereocenters. The Morgan fingerprint density at radius 1 is 1.00 bits per heavy atom. The van der Waals surface area contributed by atoms with Crippen LogP contribution < -0.4 is 5.32 Å². The van der Waals surface area contributed by atoms with Crippen molar-refractivity contribution in [2.45, 2.75) is 19.1 Å². The molecule has 0 spiro atoms. The van der Waals surface area contributed by atoms with Crippen LogP contribution in [0.2, 0.25) is 0 Å². The minimum Gasteiger partial charge on any atom is -0.379 e. The maximum absolute atomic E-state index is 5.45. The summed E-state index contributed by atoms with van der Waals surface area (Å²) in [6.07, 6.45) is 0. The summed E-state index contributed by atoms with van der Waals surface area (Å²) in [6.45, 7) is 6.93. The fourth-order valence-electron chi connectivity index (χ4n) is 3.54. The molecule has 0 amide bonds. The topological polar surface area (TPSA) is 29.4 Å². The highest BCUT2D eigenvalue weighted by Gasteiger charge is 2.24. The van der Waals surface area contributed by atoms with E-state index in [1.165, 1.54) is 17.0 Å². The number of benzene rings is 1. The minimum atomic E-state index is 0.313. The molecule has 4 rings (SSSR count). The van der Waals surface area contributed by atoms with E-state index in [4.69, 9.17) is 4.74 Å². The van der Waals surface area contributed by atoms with Crippen molar-refractivity contribution in [2.75, 3.05) is 32.8 Å². The van der Waals surface area contributed by atoms with Gasteiger partial charge in [0.2, 0.25) is 0 Å². The van der Waals surface area contributed by atoms with Gasteiger partial charge in [-0.05, 0) is 17.7 Å². The average Bonchev–Trinajstić information content (AvgIpc) is 3.00. The Bertz CT molecular complexity index is 617. The highest BCUT2D eigenvalue weighted by atomic mass is 16.5. The number of hydrogen-bond donors (Lipinski definition) is 1. The molecule has 1 atom stereocenters. The zero-order valence-corrected chi connectivity index (χ0v) is 12.9. The van der Waals surface area contributed by atoms with Crippen LogP contribution >= 0.6 is 0 Å². The highest BCUT2D eigenvalue weighted by molar-refractivity contribution is 5.32. The van der Waals surface area contributed by atoms with Gasteiger partial charge in [-0.25, -0.2) is 0 Å².